The Kier molecular flexibility index (Phi) is 3.92. The lowest BCUT2D eigenvalue weighted by molar-refractivity contribution is 0.103. The number of ketones is 1. The third-order valence-corrected chi connectivity index (χ3v) is 3.93. The van der Waals surface area contributed by atoms with Gasteiger partial charge in [0.2, 0.25) is 0 Å². The van der Waals surface area contributed by atoms with Crippen LogP contribution in [0.1, 0.15) is 21.5 Å². The summed E-state index contributed by atoms with van der Waals surface area (Å²) in [7, 11) is 3.96. The monoisotopic (exact) mass is 289 g/mol. The molecular formula is C20H19NO. The van der Waals surface area contributed by atoms with Crippen molar-refractivity contribution >= 4 is 11.9 Å². The van der Waals surface area contributed by atoms with Gasteiger partial charge in [0.05, 0.1) is 0 Å². The highest BCUT2D eigenvalue weighted by atomic mass is 16.1. The van der Waals surface area contributed by atoms with Crippen LogP contribution < -0.4 is 0 Å². The lowest BCUT2D eigenvalue weighted by Gasteiger charge is -2.16. The lowest BCUT2D eigenvalue weighted by Crippen LogP contribution is -2.14. The molecule has 0 radical (unpaired) electrons. The summed E-state index contributed by atoms with van der Waals surface area (Å²) in [4.78, 5) is 14.6. The van der Waals surface area contributed by atoms with Gasteiger partial charge >= 0.3 is 0 Å². The summed E-state index contributed by atoms with van der Waals surface area (Å²) < 4.78 is 0. The molecule has 0 saturated carbocycles. The molecule has 0 aliphatic heterocycles. The van der Waals surface area contributed by atoms with Crippen molar-refractivity contribution in [3.63, 3.8) is 0 Å². The second-order valence-corrected chi connectivity index (χ2v) is 5.67. The molecule has 2 heteroatoms. The molecule has 0 N–H and O–H groups in total. The van der Waals surface area contributed by atoms with E-state index in [1.807, 2.05) is 67.5 Å². The SMILES string of the molecule is CN(C)C(C=Cc1ccccc1)=C1Cc2ccccc2C1=O. The van der Waals surface area contributed by atoms with Crippen LogP contribution in [0.4, 0.5) is 0 Å². The van der Waals surface area contributed by atoms with E-state index in [0.29, 0.717) is 6.42 Å². The summed E-state index contributed by atoms with van der Waals surface area (Å²) in [6.45, 7) is 0. The van der Waals surface area contributed by atoms with Crippen LogP contribution in [0.15, 0.2) is 71.9 Å². The molecule has 0 saturated heterocycles. The number of likely N-dealkylation sites (N-methyl/N-ethyl adjacent to an activating group) is 1. The van der Waals surface area contributed by atoms with Crippen molar-refractivity contribution in [3.05, 3.63) is 88.6 Å². The van der Waals surface area contributed by atoms with Crippen LogP contribution in [0.5, 0.6) is 0 Å². The Hall–Kier alpha value is -2.61. The third-order valence-electron chi connectivity index (χ3n) is 3.93. The highest BCUT2D eigenvalue weighted by molar-refractivity contribution is 6.13. The maximum Gasteiger partial charge on any atom is 0.191 e. The predicted molar refractivity (Wildman–Crippen MR) is 90.7 cm³/mol. The smallest absolute Gasteiger partial charge is 0.191 e. The molecule has 0 spiro atoms. The summed E-state index contributed by atoms with van der Waals surface area (Å²) in [6.07, 6.45) is 4.80. The number of benzene rings is 2. The Morgan fingerprint density at radius 1 is 1.00 bits per heavy atom. The second-order valence-electron chi connectivity index (χ2n) is 5.67. The molecule has 0 heterocycles. The van der Waals surface area contributed by atoms with Gasteiger partial charge in [-0.3, -0.25) is 4.79 Å². The average molecular weight is 289 g/mol. The molecule has 1 aliphatic carbocycles. The van der Waals surface area contributed by atoms with E-state index < -0.39 is 0 Å². The first-order valence-electron chi connectivity index (χ1n) is 7.43. The number of fused-ring (bicyclic) bond motifs is 1. The number of carbonyl (C=O) groups is 1. The van der Waals surface area contributed by atoms with Crippen LogP contribution in [-0.4, -0.2) is 24.8 Å². The summed E-state index contributed by atoms with van der Waals surface area (Å²) in [5.74, 6) is 0.150. The number of allylic oxidation sites excluding steroid dienone is 2. The van der Waals surface area contributed by atoms with Gasteiger partial charge in [-0.1, -0.05) is 60.7 Å². The maximum absolute atomic E-state index is 12.6. The molecule has 0 unspecified atom stereocenters. The van der Waals surface area contributed by atoms with E-state index in [0.717, 1.165) is 28.0 Å². The van der Waals surface area contributed by atoms with Gasteiger partial charge in [0.1, 0.15) is 0 Å². The summed E-state index contributed by atoms with van der Waals surface area (Å²) >= 11 is 0. The van der Waals surface area contributed by atoms with Gasteiger partial charge in [0.25, 0.3) is 0 Å². The Morgan fingerprint density at radius 3 is 2.36 bits per heavy atom. The minimum Gasteiger partial charge on any atom is -0.377 e. The van der Waals surface area contributed by atoms with Crippen LogP contribution in [0.2, 0.25) is 0 Å². The second kappa shape index (κ2) is 6.02. The van der Waals surface area contributed by atoms with Gasteiger partial charge in [-0.25, -0.2) is 0 Å². The molecule has 2 aromatic rings. The molecule has 0 amide bonds. The molecule has 2 nitrogen and oxygen atoms in total. The van der Waals surface area contributed by atoms with Crippen molar-refractivity contribution < 1.29 is 4.79 Å². The fourth-order valence-electron chi connectivity index (χ4n) is 2.80. The molecule has 0 fully saturated rings. The van der Waals surface area contributed by atoms with E-state index in [4.69, 9.17) is 0 Å². The first-order valence-corrected chi connectivity index (χ1v) is 7.43. The van der Waals surface area contributed by atoms with Crippen molar-refractivity contribution in [1.29, 1.82) is 0 Å². The van der Waals surface area contributed by atoms with Crippen LogP contribution in [0.3, 0.4) is 0 Å². The van der Waals surface area contributed by atoms with E-state index in [1.54, 1.807) is 0 Å². The van der Waals surface area contributed by atoms with Gasteiger partial charge in [0.15, 0.2) is 5.78 Å². The molecule has 0 aromatic heterocycles. The van der Waals surface area contributed by atoms with E-state index >= 15 is 0 Å². The van der Waals surface area contributed by atoms with E-state index in [2.05, 4.69) is 18.2 Å². The summed E-state index contributed by atoms with van der Waals surface area (Å²) in [5, 5.41) is 0. The largest absolute Gasteiger partial charge is 0.377 e. The highest BCUT2D eigenvalue weighted by Gasteiger charge is 2.27. The first-order chi connectivity index (χ1) is 10.7. The average Bonchev–Trinajstić information content (AvgIpc) is 2.86. The Morgan fingerprint density at radius 2 is 1.68 bits per heavy atom. The fourth-order valence-corrected chi connectivity index (χ4v) is 2.80. The van der Waals surface area contributed by atoms with Crippen molar-refractivity contribution in [2.24, 2.45) is 0 Å². The van der Waals surface area contributed by atoms with Crippen molar-refractivity contribution in [3.8, 4) is 0 Å². The minimum atomic E-state index is 0.150. The zero-order valence-corrected chi connectivity index (χ0v) is 12.9. The molecule has 3 rings (SSSR count). The lowest BCUT2D eigenvalue weighted by atomic mass is 10.1. The standard InChI is InChI=1S/C20H19NO/c1-21(2)19(13-12-15-8-4-3-5-9-15)18-14-16-10-6-7-11-17(16)20(18)22/h3-13H,14H2,1-2H3. The normalized spacial score (nSPS) is 16.0. The molecule has 22 heavy (non-hydrogen) atoms. The maximum atomic E-state index is 12.6. The molecule has 1 aliphatic rings. The number of Topliss-reactive ketones (excluding diaryl/α,β-unsaturated/α-hetero) is 1. The van der Waals surface area contributed by atoms with E-state index in [1.165, 1.54) is 0 Å². The van der Waals surface area contributed by atoms with Crippen molar-refractivity contribution in [2.75, 3.05) is 14.1 Å². The van der Waals surface area contributed by atoms with Gasteiger partial charge in [-0.15, -0.1) is 0 Å². The van der Waals surface area contributed by atoms with Crippen LogP contribution in [0.25, 0.3) is 6.08 Å². The first kappa shape index (κ1) is 14.3. The minimum absolute atomic E-state index is 0.150. The highest BCUT2D eigenvalue weighted by Crippen LogP contribution is 2.29. The van der Waals surface area contributed by atoms with Crippen LogP contribution >= 0.6 is 0 Å². The molecule has 110 valence electrons. The summed E-state index contributed by atoms with van der Waals surface area (Å²) in [5.41, 5.74) is 4.94. The van der Waals surface area contributed by atoms with Gasteiger partial charge in [-0.2, -0.15) is 0 Å². The zero-order chi connectivity index (χ0) is 15.5. The number of carbonyl (C=O) groups excluding carboxylic acids is 1. The predicted octanol–water partition coefficient (Wildman–Crippen LogP) is 3.95. The number of nitrogens with zero attached hydrogens (tertiary/aromatic N) is 1. The number of hydrogen-bond acceptors (Lipinski definition) is 2. The van der Waals surface area contributed by atoms with Gasteiger partial charge in [0, 0.05) is 37.3 Å². The quantitative estimate of drug-likeness (QED) is 0.797. The van der Waals surface area contributed by atoms with Crippen molar-refractivity contribution in [1.82, 2.24) is 4.90 Å². The van der Waals surface area contributed by atoms with Crippen LogP contribution in [0, 0.1) is 0 Å². The van der Waals surface area contributed by atoms with E-state index in [9.17, 15) is 4.79 Å². The molecule has 2 aromatic carbocycles. The Labute approximate surface area is 131 Å². The van der Waals surface area contributed by atoms with Crippen molar-refractivity contribution in [2.45, 2.75) is 6.42 Å². The van der Waals surface area contributed by atoms with Gasteiger partial charge < -0.3 is 4.90 Å². The fraction of sp³-hybridized carbons (Fsp3) is 0.150. The molecule has 0 bridgehead atoms. The topological polar surface area (TPSA) is 20.3 Å². The van der Waals surface area contributed by atoms with Gasteiger partial charge in [-0.05, 0) is 17.2 Å². The van der Waals surface area contributed by atoms with Crippen LogP contribution in [-0.2, 0) is 6.42 Å². The molecule has 0 atom stereocenters. The Balaban J connectivity index is 1.99. The summed E-state index contributed by atoms with van der Waals surface area (Å²) in [6, 6.07) is 18.0. The zero-order valence-electron chi connectivity index (χ0n) is 12.9. The van der Waals surface area contributed by atoms with E-state index in [-0.39, 0.29) is 5.78 Å². The third kappa shape index (κ3) is 2.73. The Bertz CT molecular complexity index is 754. The number of hydrogen-bond donors (Lipinski definition) is 0. The molecular weight excluding hydrogens is 270 g/mol. The number of rotatable bonds is 3.